The number of carbonyl (C=O) groups is 1. The molecule has 1 amide bonds. The molecule has 1 saturated heterocycles. The Balaban J connectivity index is 1.97. The van der Waals surface area contributed by atoms with Crippen molar-refractivity contribution in [3.8, 4) is 0 Å². The summed E-state index contributed by atoms with van der Waals surface area (Å²) in [7, 11) is 0. The number of benzene rings is 1. The minimum Gasteiger partial charge on any atom is -0.338 e. The van der Waals surface area contributed by atoms with Gasteiger partial charge in [0.2, 0.25) is 0 Å². The number of halogens is 2. The Hall–Kier alpha value is -1.13. The zero-order valence-corrected chi connectivity index (χ0v) is 12.7. The summed E-state index contributed by atoms with van der Waals surface area (Å²) in [5, 5.41) is 1.21. The van der Waals surface area contributed by atoms with Crippen LogP contribution in [0.4, 0.5) is 4.39 Å². The van der Waals surface area contributed by atoms with Crippen LogP contribution in [0.5, 0.6) is 0 Å². The number of rotatable bonds is 1. The second kappa shape index (κ2) is 5.34. The highest BCUT2D eigenvalue weighted by atomic mass is 35.5. The van der Waals surface area contributed by atoms with Gasteiger partial charge in [0.1, 0.15) is 10.7 Å². The van der Waals surface area contributed by atoms with Crippen LogP contribution in [0.25, 0.3) is 10.1 Å². The highest BCUT2D eigenvalue weighted by Crippen LogP contribution is 2.36. The number of nitrogens with zero attached hydrogens (tertiary/aromatic N) is 1. The quantitative estimate of drug-likeness (QED) is 0.755. The predicted octanol–water partition coefficient (Wildman–Crippen LogP) is 4.57. The average Bonchev–Trinajstić information content (AvgIpc) is 2.74. The lowest BCUT2D eigenvalue weighted by Crippen LogP contribution is -2.38. The summed E-state index contributed by atoms with van der Waals surface area (Å²) in [6.45, 7) is 3.71. The summed E-state index contributed by atoms with van der Waals surface area (Å²) in [6, 6.07) is 4.44. The summed E-state index contributed by atoms with van der Waals surface area (Å²) in [4.78, 5) is 15.0. The Labute approximate surface area is 126 Å². The molecule has 0 spiro atoms. The topological polar surface area (TPSA) is 20.3 Å². The minimum atomic E-state index is -0.305. The Morgan fingerprint density at radius 1 is 1.50 bits per heavy atom. The molecule has 0 radical (unpaired) electrons. The van der Waals surface area contributed by atoms with Gasteiger partial charge >= 0.3 is 0 Å². The first-order valence-electron chi connectivity index (χ1n) is 6.73. The van der Waals surface area contributed by atoms with Gasteiger partial charge in [0, 0.05) is 23.2 Å². The molecule has 5 heteroatoms. The van der Waals surface area contributed by atoms with Crippen LogP contribution in [-0.4, -0.2) is 23.9 Å². The fourth-order valence-corrected chi connectivity index (χ4v) is 4.20. The molecular formula is C15H15ClFNOS. The smallest absolute Gasteiger partial charge is 0.265 e. The van der Waals surface area contributed by atoms with Gasteiger partial charge in [-0.05, 0) is 37.0 Å². The van der Waals surface area contributed by atoms with Gasteiger partial charge in [0.05, 0.1) is 5.02 Å². The van der Waals surface area contributed by atoms with Crippen LogP contribution < -0.4 is 0 Å². The molecule has 0 saturated carbocycles. The SMILES string of the molecule is CC1CCCN(C(=O)c2sc3cc(F)ccc3c2Cl)C1. The molecule has 1 fully saturated rings. The maximum atomic E-state index is 13.3. The molecule has 1 aliphatic heterocycles. The van der Waals surface area contributed by atoms with Gasteiger partial charge in [0.15, 0.2) is 0 Å². The maximum absolute atomic E-state index is 13.3. The average molecular weight is 312 g/mol. The number of piperidine rings is 1. The monoisotopic (exact) mass is 311 g/mol. The van der Waals surface area contributed by atoms with E-state index in [0.29, 0.717) is 15.8 Å². The molecule has 1 aromatic heterocycles. The number of thiophene rings is 1. The Morgan fingerprint density at radius 3 is 3.05 bits per heavy atom. The van der Waals surface area contributed by atoms with E-state index in [-0.39, 0.29) is 11.7 Å². The van der Waals surface area contributed by atoms with Crippen LogP contribution in [0.1, 0.15) is 29.4 Å². The molecule has 3 rings (SSSR count). The summed E-state index contributed by atoms with van der Waals surface area (Å²) in [5.74, 6) is 0.197. The molecule has 0 bridgehead atoms. The zero-order valence-electron chi connectivity index (χ0n) is 11.2. The third-order valence-electron chi connectivity index (χ3n) is 3.73. The third-order valence-corrected chi connectivity index (χ3v) is 5.38. The molecule has 1 aliphatic rings. The van der Waals surface area contributed by atoms with Crippen LogP contribution in [0, 0.1) is 11.7 Å². The van der Waals surface area contributed by atoms with Crippen molar-refractivity contribution in [1.29, 1.82) is 0 Å². The van der Waals surface area contributed by atoms with Gasteiger partial charge in [-0.25, -0.2) is 4.39 Å². The van der Waals surface area contributed by atoms with Crippen molar-refractivity contribution >= 4 is 38.9 Å². The Kier molecular flexibility index (Phi) is 3.69. The summed E-state index contributed by atoms with van der Waals surface area (Å²) >= 11 is 7.58. The van der Waals surface area contributed by atoms with Crippen molar-refractivity contribution < 1.29 is 9.18 Å². The highest BCUT2D eigenvalue weighted by molar-refractivity contribution is 7.21. The number of likely N-dealkylation sites (tertiary alicyclic amines) is 1. The Morgan fingerprint density at radius 2 is 2.30 bits per heavy atom. The normalized spacial score (nSPS) is 19.6. The van der Waals surface area contributed by atoms with E-state index in [1.807, 2.05) is 4.90 Å². The summed E-state index contributed by atoms with van der Waals surface area (Å²) in [5.41, 5.74) is 0. The zero-order chi connectivity index (χ0) is 14.3. The molecule has 1 atom stereocenters. The molecule has 1 aromatic carbocycles. The van der Waals surface area contributed by atoms with Gasteiger partial charge in [-0.3, -0.25) is 4.79 Å². The molecular weight excluding hydrogens is 297 g/mol. The van der Waals surface area contributed by atoms with Gasteiger partial charge < -0.3 is 4.90 Å². The molecule has 2 nitrogen and oxygen atoms in total. The van der Waals surface area contributed by atoms with Crippen molar-refractivity contribution in [2.75, 3.05) is 13.1 Å². The number of amides is 1. The molecule has 20 heavy (non-hydrogen) atoms. The largest absolute Gasteiger partial charge is 0.338 e. The standard InChI is InChI=1S/C15H15ClFNOS/c1-9-3-2-6-18(8-9)15(19)14-13(16)11-5-4-10(17)7-12(11)20-14/h4-5,7,9H,2-3,6,8H2,1H3. The predicted molar refractivity (Wildman–Crippen MR) is 81.1 cm³/mol. The van der Waals surface area contributed by atoms with Gasteiger partial charge in [-0.1, -0.05) is 18.5 Å². The van der Waals surface area contributed by atoms with Crippen LogP contribution in [0.3, 0.4) is 0 Å². The molecule has 2 aromatic rings. The van der Waals surface area contributed by atoms with E-state index in [1.165, 1.54) is 23.5 Å². The third kappa shape index (κ3) is 2.42. The first-order valence-corrected chi connectivity index (χ1v) is 7.92. The van der Waals surface area contributed by atoms with E-state index in [2.05, 4.69) is 6.92 Å². The van der Waals surface area contributed by atoms with E-state index in [1.54, 1.807) is 6.07 Å². The van der Waals surface area contributed by atoms with Gasteiger partial charge in [-0.2, -0.15) is 0 Å². The fourth-order valence-electron chi connectivity index (χ4n) is 2.69. The molecule has 106 valence electrons. The van der Waals surface area contributed by atoms with E-state index in [0.717, 1.165) is 36.0 Å². The fraction of sp³-hybridized carbons (Fsp3) is 0.400. The lowest BCUT2D eigenvalue weighted by atomic mass is 10.0. The Bertz CT molecular complexity index is 669. The molecule has 1 unspecified atom stereocenters. The van der Waals surface area contributed by atoms with Crippen molar-refractivity contribution in [2.24, 2.45) is 5.92 Å². The lowest BCUT2D eigenvalue weighted by Gasteiger charge is -2.30. The lowest BCUT2D eigenvalue weighted by molar-refractivity contribution is 0.0688. The minimum absolute atomic E-state index is 0.0249. The van der Waals surface area contributed by atoms with Crippen molar-refractivity contribution in [2.45, 2.75) is 19.8 Å². The van der Waals surface area contributed by atoms with Crippen LogP contribution in [0.2, 0.25) is 5.02 Å². The van der Waals surface area contributed by atoms with E-state index in [4.69, 9.17) is 11.6 Å². The van der Waals surface area contributed by atoms with E-state index < -0.39 is 0 Å². The first-order chi connectivity index (χ1) is 9.56. The second-order valence-electron chi connectivity index (χ2n) is 5.38. The number of hydrogen-bond donors (Lipinski definition) is 0. The first kappa shape index (κ1) is 13.8. The van der Waals surface area contributed by atoms with Crippen LogP contribution in [0.15, 0.2) is 18.2 Å². The molecule has 2 heterocycles. The molecule has 0 N–H and O–H groups in total. The van der Waals surface area contributed by atoms with Crippen molar-refractivity contribution in [3.05, 3.63) is 33.9 Å². The van der Waals surface area contributed by atoms with Gasteiger partial charge in [-0.15, -0.1) is 11.3 Å². The van der Waals surface area contributed by atoms with Crippen LogP contribution >= 0.6 is 22.9 Å². The summed E-state index contributed by atoms with van der Waals surface area (Å²) < 4.78 is 14.0. The van der Waals surface area contributed by atoms with Gasteiger partial charge in [0.25, 0.3) is 5.91 Å². The van der Waals surface area contributed by atoms with E-state index >= 15 is 0 Å². The van der Waals surface area contributed by atoms with Crippen molar-refractivity contribution in [3.63, 3.8) is 0 Å². The van der Waals surface area contributed by atoms with Crippen molar-refractivity contribution in [1.82, 2.24) is 4.90 Å². The summed E-state index contributed by atoms with van der Waals surface area (Å²) in [6.07, 6.45) is 2.19. The molecule has 0 aliphatic carbocycles. The van der Waals surface area contributed by atoms with E-state index in [9.17, 15) is 9.18 Å². The second-order valence-corrected chi connectivity index (χ2v) is 6.81. The highest BCUT2D eigenvalue weighted by Gasteiger charge is 2.26. The number of fused-ring (bicyclic) bond motifs is 1. The number of carbonyl (C=O) groups excluding carboxylic acids is 1. The number of hydrogen-bond acceptors (Lipinski definition) is 2. The maximum Gasteiger partial charge on any atom is 0.265 e. The van der Waals surface area contributed by atoms with Crippen LogP contribution in [-0.2, 0) is 0 Å².